The zero-order valence-corrected chi connectivity index (χ0v) is 14.2. The highest BCUT2D eigenvalue weighted by molar-refractivity contribution is 5.93. The summed E-state index contributed by atoms with van der Waals surface area (Å²) >= 11 is 0. The summed E-state index contributed by atoms with van der Waals surface area (Å²) in [5, 5.41) is 7.09. The predicted molar refractivity (Wildman–Crippen MR) is 91.8 cm³/mol. The summed E-state index contributed by atoms with van der Waals surface area (Å²) in [5.74, 6) is 0.234. The largest absolute Gasteiger partial charge is 0.344 e. The van der Waals surface area contributed by atoms with Crippen LogP contribution in [0.15, 0.2) is 36.7 Å². The molecular weight excluding hydrogens is 302 g/mol. The number of nitrogens with one attached hydrogen (secondary N) is 1. The molecule has 2 aromatic heterocycles. The first-order valence-corrected chi connectivity index (χ1v) is 8.15. The maximum atomic E-state index is 12.6. The zero-order chi connectivity index (χ0) is 17.1. The van der Waals surface area contributed by atoms with Gasteiger partial charge in [-0.05, 0) is 37.5 Å². The van der Waals surface area contributed by atoms with Crippen LogP contribution in [-0.4, -0.2) is 25.5 Å². The Morgan fingerprint density at radius 3 is 2.75 bits per heavy atom. The monoisotopic (exact) mass is 323 g/mol. The van der Waals surface area contributed by atoms with Gasteiger partial charge in [0.1, 0.15) is 12.0 Å². The lowest BCUT2D eigenvalue weighted by atomic mass is 10.0. The van der Waals surface area contributed by atoms with E-state index in [0.717, 1.165) is 24.1 Å². The SMILES string of the molecule is CCCc1ccc(C(C)NC(=O)c2cc(C)nc3ncnn23)cc1. The van der Waals surface area contributed by atoms with E-state index in [1.807, 2.05) is 13.8 Å². The van der Waals surface area contributed by atoms with Gasteiger partial charge >= 0.3 is 0 Å². The highest BCUT2D eigenvalue weighted by atomic mass is 16.2. The molecule has 0 fully saturated rings. The third-order valence-electron chi connectivity index (χ3n) is 3.98. The van der Waals surface area contributed by atoms with Crippen molar-refractivity contribution in [2.75, 3.05) is 0 Å². The van der Waals surface area contributed by atoms with Gasteiger partial charge in [0.05, 0.1) is 6.04 Å². The first kappa shape index (κ1) is 16.1. The third-order valence-corrected chi connectivity index (χ3v) is 3.98. The van der Waals surface area contributed by atoms with Crippen molar-refractivity contribution in [2.24, 2.45) is 0 Å². The Morgan fingerprint density at radius 2 is 2.04 bits per heavy atom. The number of aryl methyl sites for hydroxylation is 2. The zero-order valence-electron chi connectivity index (χ0n) is 14.2. The highest BCUT2D eigenvalue weighted by Crippen LogP contribution is 2.15. The van der Waals surface area contributed by atoms with E-state index in [-0.39, 0.29) is 11.9 Å². The van der Waals surface area contributed by atoms with E-state index in [1.165, 1.54) is 16.4 Å². The molecule has 124 valence electrons. The molecule has 1 aromatic carbocycles. The van der Waals surface area contributed by atoms with Crippen LogP contribution in [0.3, 0.4) is 0 Å². The second-order valence-electron chi connectivity index (χ2n) is 5.94. The number of aromatic nitrogens is 4. The summed E-state index contributed by atoms with van der Waals surface area (Å²) in [7, 11) is 0. The fraction of sp³-hybridized carbons (Fsp3) is 0.333. The molecule has 1 amide bonds. The van der Waals surface area contributed by atoms with Crippen molar-refractivity contribution in [3.05, 3.63) is 59.2 Å². The Balaban J connectivity index is 1.79. The predicted octanol–water partition coefficient (Wildman–Crippen LogP) is 2.88. The van der Waals surface area contributed by atoms with E-state index in [0.29, 0.717) is 11.5 Å². The number of amides is 1. The third kappa shape index (κ3) is 3.27. The number of benzene rings is 1. The molecular formula is C18H21N5O. The minimum absolute atomic E-state index is 0.0970. The van der Waals surface area contributed by atoms with Gasteiger partial charge in [-0.25, -0.2) is 4.98 Å². The van der Waals surface area contributed by atoms with Gasteiger partial charge in [0.25, 0.3) is 11.7 Å². The lowest BCUT2D eigenvalue weighted by Crippen LogP contribution is -2.29. The number of carbonyl (C=O) groups is 1. The lowest BCUT2D eigenvalue weighted by molar-refractivity contribution is 0.0932. The molecule has 0 radical (unpaired) electrons. The average molecular weight is 323 g/mol. The molecule has 0 saturated heterocycles. The van der Waals surface area contributed by atoms with E-state index in [1.54, 1.807) is 6.07 Å². The lowest BCUT2D eigenvalue weighted by Gasteiger charge is -2.15. The summed E-state index contributed by atoms with van der Waals surface area (Å²) < 4.78 is 1.46. The van der Waals surface area contributed by atoms with Crippen LogP contribution in [0.2, 0.25) is 0 Å². The molecule has 0 aliphatic rings. The van der Waals surface area contributed by atoms with Crippen LogP contribution in [0.4, 0.5) is 0 Å². The first-order chi connectivity index (χ1) is 11.6. The minimum Gasteiger partial charge on any atom is -0.344 e. The first-order valence-electron chi connectivity index (χ1n) is 8.15. The number of hydrogen-bond donors (Lipinski definition) is 1. The van der Waals surface area contributed by atoms with Gasteiger partial charge in [-0.2, -0.15) is 14.6 Å². The maximum absolute atomic E-state index is 12.6. The molecule has 1 unspecified atom stereocenters. The van der Waals surface area contributed by atoms with E-state index in [2.05, 4.69) is 51.6 Å². The Kier molecular flexibility index (Phi) is 4.55. The molecule has 1 N–H and O–H groups in total. The molecule has 6 nitrogen and oxygen atoms in total. The van der Waals surface area contributed by atoms with Crippen molar-refractivity contribution in [2.45, 2.75) is 39.7 Å². The summed E-state index contributed by atoms with van der Waals surface area (Å²) in [6, 6.07) is 9.99. The van der Waals surface area contributed by atoms with Gasteiger partial charge in [0.2, 0.25) is 0 Å². The van der Waals surface area contributed by atoms with Crippen LogP contribution in [0.1, 0.15) is 53.6 Å². The Labute approximate surface area is 141 Å². The molecule has 3 aromatic rings. The van der Waals surface area contributed by atoms with Gasteiger partial charge in [-0.3, -0.25) is 4.79 Å². The van der Waals surface area contributed by atoms with Gasteiger partial charge in [0, 0.05) is 5.69 Å². The van der Waals surface area contributed by atoms with Gasteiger partial charge in [-0.1, -0.05) is 37.6 Å². The normalized spacial score (nSPS) is 12.3. The fourth-order valence-corrected chi connectivity index (χ4v) is 2.71. The number of carbonyl (C=O) groups excluding carboxylic acids is 1. The molecule has 3 rings (SSSR count). The van der Waals surface area contributed by atoms with Crippen molar-refractivity contribution < 1.29 is 4.79 Å². The minimum atomic E-state index is -0.193. The number of rotatable bonds is 5. The summed E-state index contributed by atoms with van der Waals surface area (Å²) in [6.07, 6.45) is 3.59. The van der Waals surface area contributed by atoms with E-state index in [4.69, 9.17) is 0 Å². The molecule has 0 saturated carbocycles. The average Bonchev–Trinajstić information content (AvgIpc) is 3.03. The second-order valence-corrected chi connectivity index (χ2v) is 5.94. The van der Waals surface area contributed by atoms with Crippen molar-refractivity contribution in [3.8, 4) is 0 Å². The summed E-state index contributed by atoms with van der Waals surface area (Å²) in [6.45, 7) is 5.97. The van der Waals surface area contributed by atoms with Crippen LogP contribution in [0.5, 0.6) is 0 Å². The van der Waals surface area contributed by atoms with E-state index >= 15 is 0 Å². The number of hydrogen-bond acceptors (Lipinski definition) is 4. The van der Waals surface area contributed by atoms with Crippen molar-refractivity contribution in [1.82, 2.24) is 24.9 Å². The Hall–Kier alpha value is -2.76. The van der Waals surface area contributed by atoms with Crippen LogP contribution in [-0.2, 0) is 6.42 Å². The maximum Gasteiger partial charge on any atom is 0.270 e. The standard InChI is InChI=1S/C18H21N5O/c1-4-5-14-6-8-15(9-7-14)13(3)22-17(24)16-10-12(2)21-18-19-11-20-23(16)18/h6-11,13H,4-5H2,1-3H3,(H,22,24). The molecule has 2 heterocycles. The van der Waals surface area contributed by atoms with Crippen LogP contribution in [0.25, 0.3) is 5.78 Å². The summed E-state index contributed by atoms with van der Waals surface area (Å²) in [5.41, 5.74) is 3.55. The quantitative estimate of drug-likeness (QED) is 0.783. The van der Waals surface area contributed by atoms with Crippen LogP contribution >= 0.6 is 0 Å². The molecule has 6 heteroatoms. The van der Waals surface area contributed by atoms with Crippen molar-refractivity contribution >= 4 is 11.7 Å². The van der Waals surface area contributed by atoms with Gasteiger partial charge in [-0.15, -0.1) is 0 Å². The molecule has 0 spiro atoms. The van der Waals surface area contributed by atoms with Gasteiger partial charge < -0.3 is 5.32 Å². The second kappa shape index (κ2) is 6.78. The van der Waals surface area contributed by atoms with Crippen LogP contribution < -0.4 is 5.32 Å². The summed E-state index contributed by atoms with van der Waals surface area (Å²) in [4.78, 5) is 20.9. The Bertz CT molecular complexity index is 853. The molecule has 1 atom stereocenters. The smallest absolute Gasteiger partial charge is 0.270 e. The van der Waals surface area contributed by atoms with Gasteiger partial charge in [0.15, 0.2) is 0 Å². The molecule has 0 bridgehead atoms. The molecule has 24 heavy (non-hydrogen) atoms. The number of nitrogens with zero attached hydrogens (tertiary/aromatic N) is 4. The van der Waals surface area contributed by atoms with E-state index in [9.17, 15) is 4.79 Å². The van der Waals surface area contributed by atoms with Crippen molar-refractivity contribution in [1.29, 1.82) is 0 Å². The van der Waals surface area contributed by atoms with Crippen LogP contribution in [0, 0.1) is 6.92 Å². The molecule has 0 aliphatic carbocycles. The Morgan fingerprint density at radius 1 is 1.29 bits per heavy atom. The fourth-order valence-electron chi connectivity index (χ4n) is 2.71. The number of fused-ring (bicyclic) bond motifs is 1. The molecule has 0 aliphatic heterocycles. The highest BCUT2D eigenvalue weighted by Gasteiger charge is 2.16. The topological polar surface area (TPSA) is 72.2 Å². The van der Waals surface area contributed by atoms with Crippen molar-refractivity contribution in [3.63, 3.8) is 0 Å². The van der Waals surface area contributed by atoms with E-state index < -0.39 is 0 Å².